The van der Waals surface area contributed by atoms with Gasteiger partial charge in [-0.15, -0.1) is 0 Å². The molecule has 1 aliphatic rings. The summed E-state index contributed by atoms with van der Waals surface area (Å²) in [5.41, 5.74) is 0. The number of hydrogen-bond donors (Lipinski definition) is 2. The lowest BCUT2D eigenvalue weighted by molar-refractivity contribution is 0.186. The van der Waals surface area contributed by atoms with Crippen molar-refractivity contribution in [2.45, 2.75) is 12.1 Å². The molecule has 4 nitrogen and oxygen atoms in total. The normalized spacial score (nSPS) is 20.6. The summed E-state index contributed by atoms with van der Waals surface area (Å²) in [5, 5.41) is 7.71. The highest BCUT2D eigenvalue weighted by atomic mass is 79.9. The van der Waals surface area contributed by atoms with E-state index in [0.717, 1.165) is 29.1 Å². The van der Waals surface area contributed by atoms with E-state index < -0.39 is 0 Å². The number of piperazine rings is 1. The van der Waals surface area contributed by atoms with Gasteiger partial charge in [0.05, 0.1) is 12.1 Å². The zero-order valence-corrected chi connectivity index (χ0v) is 15.5. The van der Waals surface area contributed by atoms with Gasteiger partial charge in [0, 0.05) is 22.6 Å². The Balaban J connectivity index is 1.43. The Morgan fingerprint density at radius 2 is 1.38 bits per heavy atom. The molecule has 0 saturated carbocycles. The molecular weight excluding hydrogens is 392 g/mol. The molecule has 0 unspecified atom stereocenters. The maximum absolute atomic E-state index is 5.88. The fourth-order valence-corrected chi connectivity index (χ4v) is 2.94. The molecule has 1 fully saturated rings. The van der Waals surface area contributed by atoms with Crippen LogP contribution >= 0.6 is 27.5 Å². The Morgan fingerprint density at radius 3 is 1.92 bits per heavy atom. The van der Waals surface area contributed by atoms with E-state index in [9.17, 15) is 0 Å². The fraction of sp³-hybridized carbons (Fsp3) is 0.333. The number of halogens is 2. The van der Waals surface area contributed by atoms with Gasteiger partial charge in [-0.3, -0.25) is 0 Å². The average Bonchev–Trinajstić information content (AvgIpc) is 2.61. The highest BCUT2D eigenvalue weighted by Crippen LogP contribution is 2.17. The van der Waals surface area contributed by atoms with E-state index in [1.807, 2.05) is 48.5 Å². The second-order valence-corrected chi connectivity index (χ2v) is 7.10. The van der Waals surface area contributed by atoms with E-state index in [1.54, 1.807) is 0 Å². The van der Waals surface area contributed by atoms with Gasteiger partial charge in [-0.1, -0.05) is 27.5 Å². The highest BCUT2D eigenvalue weighted by molar-refractivity contribution is 9.10. The Kier molecular flexibility index (Phi) is 6.37. The Labute approximate surface area is 155 Å². The van der Waals surface area contributed by atoms with Crippen LogP contribution in [-0.2, 0) is 0 Å². The van der Waals surface area contributed by atoms with E-state index in [1.165, 1.54) is 0 Å². The Bertz CT molecular complexity index is 581. The first-order valence-electron chi connectivity index (χ1n) is 7.92. The summed E-state index contributed by atoms with van der Waals surface area (Å²) in [5.74, 6) is 1.70. The van der Waals surface area contributed by atoms with Crippen LogP contribution < -0.4 is 20.1 Å². The van der Waals surface area contributed by atoms with Crippen molar-refractivity contribution >= 4 is 27.5 Å². The second-order valence-electron chi connectivity index (χ2n) is 5.75. The molecule has 1 heterocycles. The molecule has 1 saturated heterocycles. The van der Waals surface area contributed by atoms with Crippen molar-refractivity contribution in [1.82, 2.24) is 10.6 Å². The third-order valence-electron chi connectivity index (χ3n) is 3.78. The van der Waals surface area contributed by atoms with E-state index in [4.69, 9.17) is 21.1 Å². The van der Waals surface area contributed by atoms with Crippen LogP contribution in [0.2, 0.25) is 5.02 Å². The smallest absolute Gasteiger partial charge is 0.119 e. The largest absolute Gasteiger partial charge is 0.492 e. The van der Waals surface area contributed by atoms with Crippen molar-refractivity contribution in [2.75, 3.05) is 26.3 Å². The number of rotatable bonds is 6. The third-order valence-corrected chi connectivity index (χ3v) is 4.56. The maximum Gasteiger partial charge on any atom is 0.119 e. The molecule has 2 aromatic rings. The van der Waals surface area contributed by atoms with Crippen molar-refractivity contribution in [1.29, 1.82) is 0 Å². The third kappa shape index (κ3) is 5.38. The van der Waals surface area contributed by atoms with Crippen LogP contribution in [-0.4, -0.2) is 38.4 Å². The van der Waals surface area contributed by atoms with Crippen LogP contribution in [0.3, 0.4) is 0 Å². The second kappa shape index (κ2) is 8.72. The lowest BCUT2D eigenvalue weighted by atomic mass is 10.1. The van der Waals surface area contributed by atoms with Crippen LogP contribution in [0.15, 0.2) is 53.0 Å². The zero-order valence-electron chi connectivity index (χ0n) is 13.2. The summed E-state index contributed by atoms with van der Waals surface area (Å²) in [6, 6.07) is 15.8. The van der Waals surface area contributed by atoms with Gasteiger partial charge in [-0.05, 0) is 48.5 Å². The van der Waals surface area contributed by atoms with Gasteiger partial charge < -0.3 is 20.1 Å². The van der Waals surface area contributed by atoms with E-state index in [0.29, 0.717) is 18.2 Å². The molecule has 0 aliphatic carbocycles. The minimum atomic E-state index is 0.243. The maximum atomic E-state index is 5.88. The van der Waals surface area contributed by atoms with E-state index in [-0.39, 0.29) is 12.1 Å². The predicted molar refractivity (Wildman–Crippen MR) is 100 cm³/mol. The van der Waals surface area contributed by atoms with Gasteiger partial charge >= 0.3 is 0 Å². The number of benzene rings is 2. The van der Waals surface area contributed by atoms with E-state index >= 15 is 0 Å². The van der Waals surface area contributed by atoms with Crippen LogP contribution in [0.4, 0.5) is 0 Å². The lowest BCUT2D eigenvalue weighted by Gasteiger charge is -2.31. The molecule has 0 bridgehead atoms. The van der Waals surface area contributed by atoms with Gasteiger partial charge in [-0.25, -0.2) is 0 Å². The average molecular weight is 412 g/mol. The topological polar surface area (TPSA) is 42.5 Å². The minimum absolute atomic E-state index is 0.243. The number of ether oxygens (including phenoxy) is 2. The summed E-state index contributed by atoms with van der Waals surface area (Å²) in [4.78, 5) is 0. The molecule has 0 amide bonds. The van der Waals surface area contributed by atoms with E-state index in [2.05, 4.69) is 26.6 Å². The molecule has 3 rings (SSSR count). The zero-order chi connectivity index (χ0) is 16.8. The summed E-state index contributed by atoms with van der Waals surface area (Å²) >= 11 is 9.30. The van der Waals surface area contributed by atoms with Crippen LogP contribution in [0, 0.1) is 0 Å². The predicted octanol–water partition coefficient (Wildman–Crippen LogP) is 3.49. The molecule has 6 heteroatoms. The molecule has 0 aromatic heterocycles. The molecule has 128 valence electrons. The van der Waals surface area contributed by atoms with Crippen molar-refractivity contribution in [3.05, 3.63) is 58.0 Å². The molecule has 0 spiro atoms. The molecule has 1 aliphatic heterocycles. The molecule has 0 radical (unpaired) electrons. The number of hydrogen-bond acceptors (Lipinski definition) is 4. The first-order valence-corrected chi connectivity index (χ1v) is 9.09. The fourth-order valence-electron chi connectivity index (χ4n) is 2.55. The SMILES string of the molecule is Clc1ccc(OC[C@@H]2CNC[C@@H](COc3ccc(Br)cc3)N2)cc1. The first-order chi connectivity index (χ1) is 11.7. The molecular formula is C18H20BrClN2O2. The van der Waals surface area contributed by atoms with Gasteiger partial charge in [0.25, 0.3) is 0 Å². The first kappa shape index (κ1) is 17.5. The molecule has 2 atom stereocenters. The summed E-state index contributed by atoms with van der Waals surface area (Å²) in [6.07, 6.45) is 0. The highest BCUT2D eigenvalue weighted by Gasteiger charge is 2.21. The Morgan fingerprint density at radius 1 is 0.875 bits per heavy atom. The molecule has 2 N–H and O–H groups in total. The summed E-state index contributed by atoms with van der Waals surface area (Å²) in [7, 11) is 0. The van der Waals surface area contributed by atoms with Crippen molar-refractivity contribution in [3.8, 4) is 11.5 Å². The van der Waals surface area contributed by atoms with Gasteiger partial charge in [0.2, 0.25) is 0 Å². The number of nitrogens with one attached hydrogen (secondary N) is 2. The standard InChI is InChI=1S/C18H20BrClN2O2/c19-13-1-5-17(6-2-13)23-11-15-9-21-10-16(22-15)12-24-18-7-3-14(20)4-8-18/h1-8,15-16,21-22H,9-12H2/t15-,16-/m0/s1. The van der Waals surface area contributed by atoms with Crippen molar-refractivity contribution in [2.24, 2.45) is 0 Å². The van der Waals surface area contributed by atoms with Crippen LogP contribution in [0.25, 0.3) is 0 Å². The minimum Gasteiger partial charge on any atom is -0.492 e. The van der Waals surface area contributed by atoms with Gasteiger partial charge in [-0.2, -0.15) is 0 Å². The Hall–Kier alpha value is -1.27. The van der Waals surface area contributed by atoms with Crippen molar-refractivity contribution < 1.29 is 9.47 Å². The van der Waals surface area contributed by atoms with Crippen molar-refractivity contribution in [3.63, 3.8) is 0 Å². The monoisotopic (exact) mass is 410 g/mol. The summed E-state index contributed by atoms with van der Waals surface area (Å²) < 4.78 is 12.7. The lowest BCUT2D eigenvalue weighted by Crippen LogP contribution is -2.58. The van der Waals surface area contributed by atoms with Crippen LogP contribution in [0.5, 0.6) is 11.5 Å². The summed E-state index contributed by atoms with van der Waals surface area (Å²) in [6.45, 7) is 2.98. The quantitative estimate of drug-likeness (QED) is 0.763. The van der Waals surface area contributed by atoms with Gasteiger partial charge in [0.1, 0.15) is 24.7 Å². The molecule has 2 aromatic carbocycles. The molecule has 24 heavy (non-hydrogen) atoms. The van der Waals surface area contributed by atoms with Gasteiger partial charge in [0.15, 0.2) is 0 Å². The van der Waals surface area contributed by atoms with Crippen LogP contribution in [0.1, 0.15) is 0 Å².